The summed E-state index contributed by atoms with van der Waals surface area (Å²) in [5.74, 6) is 0.882. The number of hydrogen-bond acceptors (Lipinski definition) is 7. The van der Waals surface area contributed by atoms with Gasteiger partial charge in [0.2, 0.25) is 10.0 Å². The molecule has 0 amide bonds. The average molecular weight is 454 g/mol. The summed E-state index contributed by atoms with van der Waals surface area (Å²) in [6.45, 7) is 1.90. The predicted molar refractivity (Wildman–Crippen MR) is 115 cm³/mol. The first kappa shape index (κ1) is 20.2. The zero-order valence-electron chi connectivity index (χ0n) is 16.0. The fourth-order valence-corrected chi connectivity index (χ4v) is 6.00. The number of fused-ring (bicyclic) bond motifs is 1. The van der Waals surface area contributed by atoms with Crippen LogP contribution in [-0.4, -0.2) is 58.1 Å². The molecule has 0 radical (unpaired) electrons. The summed E-state index contributed by atoms with van der Waals surface area (Å²) in [5, 5.41) is 1.56. The molecular formula is C19H20ClN3O4S2. The first-order chi connectivity index (χ1) is 13.9. The number of nitrogens with zero attached hydrogens (tertiary/aromatic N) is 3. The first-order valence-electron chi connectivity index (χ1n) is 8.95. The molecule has 154 valence electrons. The molecule has 1 aliphatic rings. The number of rotatable bonds is 5. The highest BCUT2D eigenvalue weighted by atomic mass is 35.5. The van der Waals surface area contributed by atoms with Crippen LogP contribution in [0.5, 0.6) is 11.5 Å². The maximum atomic E-state index is 13.1. The van der Waals surface area contributed by atoms with Crippen molar-refractivity contribution in [1.82, 2.24) is 9.29 Å². The smallest absolute Gasteiger partial charge is 0.243 e. The molecule has 0 aliphatic carbocycles. The third-order valence-corrected chi connectivity index (χ3v) is 8.05. The monoisotopic (exact) mass is 453 g/mol. The number of piperazine rings is 1. The van der Waals surface area contributed by atoms with E-state index < -0.39 is 10.0 Å². The number of sulfonamides is 1. The lowest BCUT2D eigenvalue weighted by Gasteiger charge is -2.33. The molecule has 4 rings (SSSR count). The zero-order chi connectivity index (χ0) is 20.6. The number of ether oxygens (including phenoxy) is 2. The lowest BCUT2D eigenvalue weighted by Crippen LogP contribution is -2.48. The van der Waals surface area contributed by atoms with Gasteiger partial charge in [-0.1, -0.05) is 22.9 Å². The Kier molecular flexibility index (Phi) is 5.56. The van der Waals surface area contributed by atoms with E-state index in [0.29, 0.717) is 42.7 Å². The molecule has 0 unspecified atom stereocenters. The quantitative estimate of drug-likeness (QED) is 0.589. The summed E-state index contributed by atoms with van der Waals surface area (Å²) in [4.78, 5) is 6.96. The number of benzene rings is 2. The Hall–Kier alpha value is -2.07. The van der Waals surface area contributed by atoms with Crippen LogP contribution in [0.15, 0.2) is 41.3 Å². The summed E-state index contributed by atoms with van der Waals surface area (Å²) in [5.41, 5.74) is 0.898. The van der Waals surface area contributed by atoms with E-state index in [-0.39, 0.29) is 4.90 Å². The van der Waals surface area contributed by atoms with Crippen molar-refractivity contribution in [2.45, 2.75) is 4.90 Å². The van der Waals surface area contributed by atoms with Gasteiger partial charge in [0.05, 0.1) is 29.3 Å². The SMILES string of the molecule is COc1ccc(S(=O)(=O)N2CCN(c3nc4ccc(Cl)cc4s3)CC2)cc1OC. The van der Waals surface area contributed by atoms with Crippen molar-refractivity contribution >= 4 is 48.3 Å². The summed E-state index contributed by atoms with van der Waals surface area (Å²) in [7, 11) is -0.619. The summed E-state index contributed by atoms with van der Waals surface area (Å²) in [6.07, 6.45) is 0. The first-order valence-corrected chi connectivity index (χ1v) is 11.6. The molecule has 3 aromatic rings. The minimum absolute atomic E-state index is 0.193. The maximum absolute atomic E-state index is 13.1. The molecular weight excluding hydrogens is 434 g/mol. The van der Waals surface area contributed by atoms with Crippen LogP contribution in [0.1, 0.15) is 0 Å². The number of methoxy groups -OCH3 is 2. The minimum Gasteiger partial charge on any atom is -0.493 e. The van der Waals surface area contributed by atoms with Gasteiger partial charge in [-0.2, -0.15) is 4.31 Å². The number of halogens is 1. The molecule has 0 saturated carbocycles. The highest BCUT2D eigenvalue weighted by Gasteiger charge is 2.30. The summed E-state index contributed by atoms with van der Waals surface area (Å²) < 4.78 is 39.1. The normalized spacial score (nSPS) is 15.6. The van der Waals surface area contributed by atoms with Crippen LogP contribution in [0.25, 0.3) is 10.2 Å². The van der Waals surface area contributed by atoms with Gasteiger partial charge in [0, 0.05) is 37.3 Å². The van der Waals surface area contributed by atoms with Gasteiger partial charge in [-0.3, -0.25) is 0 Å². The highest BCUT2D eigenvalue weighted by Crippen LogP contribution is 2.33. The van der Waals surface area contributed by atoms with E-state index in [9.17, 15) is 8.42 Å². The molecule has 1 aliphatic heterocycles. The topological polar surface area (TPSA) is 72.0 Å². The Balaban J connectivity index is 1.51. The van der Waals surface area contributed by atoms with Crippen LogP contribution < -0.4 is 14.4 Å². The van der Waals surface area contributed by atoms with Crippen molar-refractivity contribution in [2.75, 3.05) is 45.3 Å². The Morgan fingerprint density at radius 1 is 1.00 bits per heavy atom. The van der Waals surface area contributed by atoms with Gasteiger partial charge in [-0.15, -0.1) is 0 Å². The van der Waals surface area contributed by atoms with Crippen LogP contribution in [0.4, 0.5) is 5.13 Å². The van der Waals surface area contributed by atoms with Gasteiger partial charge in [-0.25, -0.2) is 13.4 Å². The third-order valence-electron chi connectivity index (χ3n) is 4.84. The molecule has 0 spiro atoms. The van der Waals surface area contributed by atoms with Crippen molar-refractivity contribution in [3.8, 4) is 11.5 Å². The van der Waals surface area contributed by atoms with E-state index in [1.54, 1.807) is 23.5 Å². The molecule has 29 heavy (non-hydrogen) atoms. The molecule has 0 N–H and O–H groups in total. The summed E-state index contributed by atoms with van der Waals surface area (Å²) >= 11 is 7.62. The molecule has 2 aromatic carbocycles. The second-order valence-electron chi connectivity index (χ2n) is 6.52. The van der Waals surface area contributed by atoms with Crippen LogP contribution in [-0.2, 0) is 10.0 Å². The number of aromatic nitrogens is 1. The number of anilines is 1. The van der Waals surface area contributed by atoms with Crippen LogP contribution in [0.3, 0.4) is 0 Å². The lowest BCUT2D eigenvalue weighted by atomic mass is 10.3. The second kappa shape index (κ2) is 7.98. The van der Waals surface area contributed by atoms with Crippen molar-refractivity contribution < 1.29 is 17.9 Å². The van der Waals surface area contributed by atoms with Crippen LogP contribution in [0.2, 0.25) is 5.02 Å². The number of hydrogen-bond donors (Lipinski definition) is 0. The Labute approximate surface area is 178 Å². The summed E-state index contributed by atoms with van der Waals surface area (Å²) in [6, 6.07) is 10.3. The van der Waals surface area contributed by atoms with Crippen LogP contribution >= 0.6 is 22.9 Å². The molecule has 1 aromatic heterocycles. The van der Waals surface area contributed by atoms with E-state index in [1.165, 1.54) is 24.6 Å². The van der Waals surface area contributed by atoms with E-state index >= 15 is 0 Å². The largest absolute Gasteiger partial charge is 0.493 e. The van der Waals surface area contributed by atoms with Gasteiger partial charge in [0.25, 0.3) is 0 Å². The predicted octanol–water partition coefficient (Wildman–Crippen LogP) is 3.48. The second-order valence-corrected chi connectivity index (χ2v) is 9.90. The van der Waals surface area contributed by atoms with Crippen molar-refractivity contribution in [3.63, 3.8) is 0 Å². The Morgan fingerprint density at radius 2 is 1.72 bits per heavy atom. The third kappa shape index (κ3) is 3.87. The Morgan fingerprint density at radius 3 is 2.41 bits per heavy atom. The highest BCUT2D eigenvalue weighted by molar-refractivity contribution is 7.89. The molecule has 1 saturated heterocycles. The van der Waals surface area contributed by atoms with Crippen LogP contribution in [0, 0.1) is 0 Å². The molecule has 0 bridgehead atoms. The van der Waals surface area contributed by atoms with Crippen molar-refractivity contribution in [2.24, 2.45) is 0 Å². The molecule has 2 heterocycles. The molecule has 7 nitrogen and oxygen atoms in total. The molecule has 10 heteroatoms. The van der Waals surface area contributed by atoms with Crippen molar-refractivity contribution in [1.29, 1.82) is 0 Å². The van der Waals surface area contributed by atoms with Gasteiger partial charge in [0.1, 0.15) is 0 Å². The molecule has 1 fully saturated rings. The average Bonchev–Trinajstić information content (AvgIpc) is 3.16. The van der Waals surface area contributed by atoms with E-state index in [0.717, 1.165) is 15.3 Å². The van der Waals surface area contributed by atoms with E-state index in [2.05, 4.69) is 9.88 Å². The zero-order valence-corrected chi connectivity index (χ0v) is 18.4. The van der Waals surface area contributed by atoms with E-state index in [4.69, 9.17) is 21.1 Å². The Bertz CT molecular complexity index is 1140. The van der Waals surface area contributed by atoms with Crippen molar-refractivity contribution in [3.05, 3.63) is 41.4 Å². The van der Waals surface area contributed by atoms with Gasteiger partial charge in [0.15, 0.2) is 16.6 Å². The van der Waals surface area contributed by atoms with Gasteiger partial charge < -0.3 is 14.4 Å². The number of thiazole rings is 1. The van der Waals surface area contributed by atoms with Gasteiger partial charge >= 0.3 is 0 Å². The maximum Gasteiger partial charge on any atom is 0.243 e. The lowest BCUT2D eigenvalue weighted by molar-refractivity contribution is 0.353. The van der Waals surface area contributed by atoms with Gasteiger partial charge in [-0.05, 0) is 30.3 Å². The molecule has 0 atom stereocenters. The minimum atomic E-state index is -3.62. The standard InChI is InChI=1S/C19H20ClN3O4S2/c1-26-16-6-4-14(12-17(16)27-2)29(24,25)23-9-7-22(8-10-23)19-21-15-5-3-13(20)11-18(15)28-19/h3-6,11-12H,7-10H2,1-2H3. The fraction of sp³-hybridized carbons (Fsp3) is 0.316. The fourth-order valence-electron chi connectivity index (χ4n) is 3.27. The van der Waals surface area contributed by atoms with E-state index in [1.807, 2.05) is 18.2 Å².